The highest BCUT2D eigenvalue weighted by Crippen LogP contribution is 2.48. The third-order valence-corrected chi connectivity index (χ3v) is 4.08. The number of alkyl halides is 2. The molecule has 0 heterocycles. The molecule has 1 saturated carbocycles. The summed E-state index contributed by atoms with van der Waals surface area (Å²) in [4.78, 5) is 0. The van der Waals surface area contributed by atoms with Gasteiger partial charge in [0.2, 0.25) is 0 Å². The number of halogens is 3. The van der Waals surface area contributed by atoms with E-state index in [0.717, 1.165) is 19.6 Å². The molecule has 0 amide bonds. The number of benzene rings is 1. The van der Waals surface area contributed by atoms with Crippen molar-refractivity contribution < 1.29 is 18.3 Å². The Labute approximate surface area is 128 Å². The van der Waals surface area contributed by atoms with Crippen molar-refractivity contribution >= 4 is 11.6 Å². The summed E-state index contributed by atoms with van der Waals surface area (Å²) in [6.45, 7) is -0.783. The second-order valence-electron chi connectivity index (χ2n) is 5.48. The summed E-state index contributed by atoms with van der Waals surface area (Å²) in [6, 6.07) is 4.67. The molecule has 21 heavy (non-hydrogen) atoms. The van der Waals surface area contributed by atoms with Crippen molar-refractivity contribution in [3.05, 3.63) is 28.8 Å². The highest BCUT2D eigenvalue weighted by molar-refractivity contribution is 6.30. The summed E-state index contributed by atoms with van der Waals surface area (Å²) >= 11 is 5.92. The minimum Gasteiger partial charge on any atom is -0.434 e. The van der Waals surface area contributed by atoms with E-state index >= 15 is 0 Å². The Bertz CT molecular complexity index is 467. The van der Waals surface area contributed by atoms with Gasteiger partial charge >= 0.3 is 6.61 Å². The summed E-state index contributed by atoms with van der Waals surface area (Å²) < 4.78 is 34.4. The van der Waals surface area contributed by atoms with Gasteiger partial charge in [-0.05, 0) is 42.9 Å². The van der Waals surface area contributed by atoms with Crippen LogP contribution >= 0.6 is 11.6 Å². The number of nitrogens with one attached hydrogen (secondary N) is 1. The summed E-state index contributed by atoms with van der Waals surface area (Å²) in [5, 5.41) is 3.82. The molecule has 1 N–H and O–H groups in total. The first-order chi connectivity index (χ1) is 10.0. The van der Waals surface area contributed by atoms with Gasteiger partial charge < -0.3 is 14.8 Å². The zero-order chi connectivity index (χ0) is 15.3. The maximum atomic E-state index is 12.4. The minimum absolute atomic E-state index is 0.170. The van der Waals surface area contributed by atoms with Crippen LogP contribution in [0.2, 0.25) is 5.02 Å². The predicted molar refractivity (Wildman–Crippen MR) is 78.0 cm³/mol. The molecule has 1 aliphatic rings. The maximum absolute atomic E-state index is 12.4. The fraction of sp³-hybridized carbons (Fsp3) is 0.600. The van der Waals surface area contributed by atoms with Crippen LogP contribution in [0.3, 0.4) is 0 Å². The van der Waals surface area contributed by atoms with Gasteiger partial charge in [-0.1, -0.05) is 11.6 Å². The Morgan fingerprint density at radius 2 is 2.14 bits per heavy atom. The second-order valence-corrected chi connectivity index (χ2v) is 5.91. The molecule has 2 rings (SSSR count). The van der Waals surface area contributed by atoms with E-state index in [1.54, 1.807) is 19.2 Å². The Morgan fingerprint density at radius 1 is 1.38 bits per heavy atom. The quantitative estimate of drug-likeness (QED) is 0.750. The topological polar surface area (TPSA) is 30.5 Å². The molecule has 3 nitrogen and oxygen atoms in total. The Kier molecular flexibility index (Phi) is 5.79. The molecule has 0 atom stereocenters. The molecule has 0 spiro atoms. The fourth-order valence-corrected chi connectivity index (χ4v) is 2.56. The molecule has 118 valence electrons. The van der Waals surface area contributed by atoms with Crippen molar-refractivity contribution in [2.24, 2.45) is 5.41 Å². The summed E-state index contributed by atoms with van der Waals surface area (Å²) in [5.74, 6) is 0.170. The van der Waals surface area contributed by atoms with Crippen LogP contribution in [0.5, 0.6) is 5.75 Å². The molecule has 1 aromatic rings. The molecule has 0 radical (unpaired) electrons. The van der Waals surface area contributed by atoms with E-state index in [2.05, 4.69) is 10.1 Å². The highest BCUT2D eigenvalue weighted by atomic mass is 35.5. The van der Waals surface area contributed by atoms with Gasteiger partial charge in [0.15, 0.2) is 0 Å². The molecule has 0 aromatic heterocycles. The molecule has 0 unspecified atom stereocenters. The molecule has 6 heteroatoms. The van der Waals surface area contributed by atoms with Crippen LogP contribution in [0, 0.1) is 5.41 Å². The van der Waals surface area contributed by atoms with Gasteiger partial charge in [0.25, 0.3) is 0 Å². The molecule has 0 saturated heterocycles. The standard InChI is InChI=1S/C15H20ClF2NO2/c1-20-7-6-15(4-5-15)10-19-9-11-8-12(16)2-3-13(11)21-14(17)18/h2-3,8,14,19H,4-7,9-10H2,1H3. The molecule has 0 aliphatic heterocycles. The van der Waals surface area contributed by atoms with E-state index in [9.17, 15) is 8.78 Å². The van der Waals surface area contributed by atoms with E-state index < -0.39 is 6.61 Å². The zero-order valence-corrected chi connectivity index (χ0v) is 12.8. The SMILES string of the molecule is COCCC1(CNCc2cc(Cl)ccc2OC(F)F)CC1. The van der Waals surface area contributed by atoms with E-state index in [0.29, 0.717) is 22.5 Å². The third-order valence-electron chi connectivity index (χ3n) is 3.85. The maximum Gasteiger partial charge on any atom is 0.387 e. The van der Waals surface area contributed by atoms with Crippen LogP contribution in [0.25, 0.3) is 0 Å². The molecule has 1 aliphatic carbocycles. The smallest absolute Gasteiger partial charge is 0.387 e. The first-order valence-corrected chi connectivity index (χ1v) is 7.35. The van der Waals surface area contributed by atoms with Crippen molar-refractivity contribution in [2.75, 3.05) is 20.3 Å². The van der Waals surface area contributed by atoms with Gasteiger partial charge in [0.05, 0.1) is 0 Å². The first kappa shape index (κ1) is 16.5. The fourth-order valence-electron chi connectivity index (χ4n) is 2.37. The van der Waals surface area contributed by atoms with Crippen LogP contribution in [0.4, 0.5) is 8.78 Å². The van der Waals surface area contributed by atoms with Gasteiger partial charge in [-0.2, -0.15) is 8.78 Å². The summed E-state index contributed by atoms with van der Waals surface area (Å²) in [5.41, 5.74) is 0.948. The highest BCUT2D eigenvalue weighted by Gasteiger charge is 2.41. The average Bonchev–Trinajstić information content (AvgIpc) is 3.19. The van der Waals surface area contributed by atoms with Crippen LogP contribution in [0.1, 0.15) is 24.8 Å². The van der Waals surface area contributed by atoms with Gasteiger partial charge in [0, 0.05) is 37.4 Å². The van der Waals surface area contributed by atoms with Gasteiger partial charge in [0.1, 0.15) is 5.75 Å². The van der Waals surface area contributed by atoms with Gasteiger partial charge in [-0.3, -0.25) is 0 Å². The summed E-state index contributed by atoms with van der Waals surface area (Å²) in [7, 11) is 1.70. The Balaban J connectivity index is 1.89. The molecule has 1 aromatic carbocycles. The van der Waals surface area contributed by atoms with Crippen LogP contribution < -0.4 is 10.1 Å². The van der Waals surface area contributed by atoms with E-state index in [-0.39, 0.29) is 5.75 Å². The minimum atomic E-state index is -2.83. The van der Waals surface area contributed by atoms with Gasteiger partial charge in [-0.25, -0.2) is 0 Å². The predicted octanol–water partition coefficient (Wildman–Crippen LogP) is 3.85. The molecular formula is C15H20ClF2NO2. The lowest BCUT2D eigenvalue weighted by Crippen LogP contribution is -2.25. The van der Waals surface area contributed by atoms with Crippen molar-refractivity contribution in [2.45, 2.75) is 32.4 Å². The lowest BCUT2D eigenvalue weighted by Gasteiger charge is -2.17. The van der Waals surface area contributed by atoms with E-state index in [1.165, 1.54) is 18.9 Å². The number of hydrogen-bond donors (Lipinski definition) is 1. The largest absolute Gasteiger partial charge is 0.434 e. The van der Waals surface area contributed by atoms with Crippen LogP contribution in [-0.4, -0.2) is 26.9 Å². The first-order valence-electron chi connectivity index (χ1n) is 6.98. The normalized spacial score (nSPS) is 16.2. The van der Waals surface area contributed by atoms with Crippen molar-refractivity contribution in [1.82, 2.24) is 5.32 Å². The lowest BCUT2D eigenvalue weighted by atomic mass is 10.0. The van der Waals surface area contributed by atoms with Crippen LogP contribution in [-0.2, 0) is 11.3 Å². The van der Waals surface area contributed by atoms with Crippen molar-refractivity contribution in [3.8, 4) is 5.75 Å². The number of ether oxygens (including phenoxy) is 2. The lowest BCUT2D eigenvalue weighted by molar-refractivity contribution is -0.0505. The second kappa shape index (κ2) is 7.38. The van der Waals surface area contributed by atoms with Gasteiger partial charge in [-0.15, -0.1) is 0 Å². The van der Waals surface area contributed by atoms with Crippen molar-refractivity contribution in [1.29, 1.82) is 0 Å². The Hall–Kier alpha value is -0.910. The monoisotopic (exact) mass is 319 g/mol. The Morgan fingerprint density at radius 3 is 2.76 bits per heavy atom. The zero-order valence-electron chi connectivity index (χ0n) is 12.0. The number of methoxy groups -OCH3 is 1. The molecular weight excluding hydrogens is 300 g/mol. The van der Waals surface area contributed by atoms with Crippen molar-refractivity contribution in [3.63, 3.8) is 0 Å². The molecule has 1 fully saturated rings. The molecule has 0 bridgehead atoms. The number of hydrogen-bond acceptors (Lipinski definition) is 3. The third kappa shape index (κ3) is 5.09. The number of rotatable bonds is 9. The summed E-state index contributed by atoms with van der Waals surface area (Å²) in [6.07, 6.45) is 3.38. The van der Waals surface area contributed by atoms with Crippen LogP contribution in [0.15, 0.2) is 18.2 Å². The van der Waals surface area contributed by atoms with E-state index in [4.69, 9.17) is 16.3 Å². The average molecular weight is 320 g/mol. The van der Waals surface area contributed by atoms with E-state index in [1.807, 2.05) is 0 Å².